The summed E-state index contributed by atoms with van der Waals surface area (Å²) in [6.45, 7) is 2.72. The van der Waals surface area contributed by atoms with E-state index in [0.29, 0.717) is 11.3 Å². The molecule has 0 aliphatic carbocycles. The molecule has 0 atom stereocenters. The molecule has 2 rings (SSSR count). The van der Waals surface area contributed by atoms with Crippen molar-refractivity contribution in [2.75, 3.05) is 0 Å². The lowest BCUT2D eigenvalue weighted by Crippen LogP contribution is -1.92. The summed E-state index contributed by atoms with van der Waals surface area (Å²) in [6.07, 6.45) is 4.78. The molecular formula is C11H9ClN4O. The van der Waals surface area contributed by atoms with Crippen LogP contribution in [0.25, 0.3) is 0 Å². The third kappa shape index (κ3) is 2.37. The molecule has 0 amide bonds. The van der Waals surface area contributed by atoms with Crippen molar-refractivity contribution in [2.45, 2.75) is 13.5 Å². The lowest BCUT2D eigenvalue weighted by molar-refractivity contribution is 0.462. The van der Waals surface area contributed by atoms with E-state index < -0.39 is 0 Å². The number of halogens is 1. The fourth-order valence-corrected chi connectivity index (χ4v) is 1.46. The highest BCUT2D eigenvalue weighted by Crippen LogP contribution is 2.28. The number of aromatic nitrogens is 3. The normalized spacial score (nSPS) is 9.94. The summed E-state index contributed by atoms with van der Waals surface area (Å²) in [4.78, 5) is 3.97. The lowest BCUT2D eigenvalue weighted by atomic mass is 10.3. The van der Waals surface area contributed by atoms with E-state index in [1.165, 1.54) is 12.3 Å². The lowest BCUT2D eigenvalue weighted by Gasteiger charge is -2.04. The zero-order valence-corrected chi connectivity index (χ0v) is 9.85. The minimum Gasteiger partial charge on any atom is -0.434 e. The van der Waals surface area contributed by atoms with Crippen LogP contribution >= 0.6 is 11.6 Å². The number of aryl methyl sites for hydroxylation is 1. The first-order chi connectivity index (χ1) is 8.24. The molecule has 2 aromatic rings. The van der Waals surface area contributed by atoms with Crippen molar-refractivity contribution in [1.82, 2.24) is 14.8 Å². The fraction of sp³-hybridized carbons (Fsp3) is 0.182. The molecule has 0 unspecified atom stereocenters. The Bertz CT molecular complexity index is 573. The van der Waals surface area contributed by atoms with Gasteiger partial charge in [0.2, 0.25) is 5.88 Å². The van der Waals surface area contributed by atoms with Crippen molar-refractivity contribution in [3.8, 4) is 17.7 Å². The highest BCUT2D eigenvalue weighted by atomic mass is 35.5. The first-order valence-electron chi connectivity index (χ1n) is 4.99. The molecule has 0 aromatic carbocycles. The van der Waals surface area contributed by atoms with Crippen molar-refractivity contribution in [3.63, 3.8) is 0 Å². The second kappa shape index (κ2) is 4.85. The average Bonchev–Trinajstić information content (AvgIpc) is 2.79. The van der Waals surface area contributed by atoms with Crippen LogP contribution in [0.4, 0.5) is 0 Å². The van der Waals surface area contributed by atoms with Crippen LogP contribution in [0.15, 0.2) is 24.7 Å². The Kier molecular flexibility index (Phi) is 3.26. The zero-order chi connectivity index (χ0) is 12.3. The van der Waals surface area contributed by atoms with E-state index in [9.17, 15) is 0 Å². The van der Waals surface area contributed by atoms with Crippen LogP contribution in [-0.2, 0) is 6.54 Å². The van der Waals surface area contributed by atoms with Gasteiger partial charge in [-0.25, -0.2) is 4.98 Å². The zero-order valence-electron chi connectivity index (χ0n) is 9.09. The third-order valence-corrected chi connectivity index (χ3v) is 2.49. The Morgan fingerprint density at radius 2 is 2.41 bits per heavy atom. The number of hydrogen-bond acceptors (Lipinski definition) is 4. The van der Waals surface area contributed by atoms with Gasteiger partial charge >= 0.3 is 0 Å². The average molecular weight is 249 g/mol. The SMILES string of the molecule is CCn1cc(Oc2nccc(C#N)c2Cl)cn1. The number of nitrogens with zero attached hydrogens (tertiary/aromatic N) is 4. The number of hydrogen-bond donors (Lipinski definition) is 0. The summed E-state index contributed by atoms with van der Waals surface area (Å²) >= 11 is 5.96. The second-order valence-corrected chi connectivity index (χ2v) is 3.60. The molecule has 0 N–H and O–H groups in total. The summed E-state index contributed by atoms with van der Waals surface area (Å²) < 4.78 is 7.18. The van der Waals surface area contributed by atoms with E-state index in [4.69, 9.17) is 21.6 Å². The van der Waals surface area contributed by atoms with Crippen LogP contribution < -0.4 is 4.74 Å². The number of nitriles is 1. The van der Waals surface area contributed by atoms with E-state index in [1.54, 1.807) is 17.1 Å². The maximum Gasteiger partial charge on any atom is 0.239 e. The standard InChI is InChI=1S/C11H9ClN4O/c1-2-16-7-9(6-15-16)17-11-10(12)8(5-13)3-4-14-11/h3-4,6-7H,2H2,1H3. The van der Waals surface area contributed by atoms with Gasteiger partial charge in [-0.1, -0.05) is 11.6 Å². The van der Waals surface area contributed by atoms with Crippen molar-refractivity contribution < 1.29 is 4.74 Å². The molecule has 2 heterocycles. The van der Waals surface area contributed by atoms with Gasteiger partial charge in [-0.3, -0.25) is 4.68 Å². The summed E-state index contributed by atoms with van der Waals surface area (Å²) in [5.74, 6) is 0.748. The molecule has 0 aliphatic heterocycles. The van der Waals surface area contributed by atoms with Crippen LogP contribution in [0.2, 0.25) is 5.02 Å². The second-order valence-electron chi connectivity index (χ2n) is 3.22. The molecule has 17 heavy (non-hydrogen) atoms. The summed E-state index contributed by atoms with van der Waals surface area (Å²) in [5.41, 5.74) is 0.333. The van der Waals surface area contributed by atoms with Crippen LogP contribution in [0, 0.1) is 11.3 Å². The highest BCUT2D eigenvalue weighted by molar-refractivity contribution is 6.33. The van der Waals surface area contributed by atoms with E-state index >= 15 is 0 Å². The van der Waals surface area contributed by atoms with Gasteiger partial charge in [0.1, 0.15) is 11.1 Å². The van der Waals surface area contributed by atoms with Gasteiger partial charge in [-0.05, 0) is 13.0 Å². The molecule has 0 fully saturated rings. The van der Waals surface area contributed by atoms with Gasteiger partial charge in [0.05, 0.1) is 18.0 Å². The molecule has 0 aliphatic rings. The number of ether oxygens (including phenoxy) is 1. The molecule has 0 saturated heterocycles. The number of rotatable bonds is 3. The first-order valence-corrected chi connectivity index (χ1v) is 5.37. The van der Waals surface area contributed by atoms with Crippen molar-refractivity contribution in [2.24, 2.45) is 0 Å². The van der Waals surface area contributed by atoms with E-state index in [0.717, 1.165) is 6.54 Å². The van der Waals surface area contributed by atoms with Crippen molar-refractivity contribution >= 4 is 11.6 Å². The Balaban J connectivity index is 2.27. The molecule has 86 valence electrons. The van der Waals surface area contributed by atoms with Gasteiger partial charge in [-0.2, -0.15) is 10.4 Å². The minimum absolute atomic E-state index is 0.208. The summed E-state index contributed by atoms with van der Waals surface area (Å²) in [7, 11) is 0. The predicted molar refractivity (Wildman–Crippen MR) is 61.9 cm³/mol. The van der Waals surface area contributed by atoms with Crippen LogP contribution in [0.5, 0.6) is 11.6 Å². The molecule has 0 bridgehead atoms. The molecular weight excluding hydrogens is 240 g/mol. The summed E-state index contributed by atoms with van der Waals surface area (Å²) in [6, 6.07) is 3.50. The van der Waals surface area contributed by atoms with Crippen LogP contribution in [0.1, 0.15) is 12.5 Å². The monoisotopic (exact) mass is 248 g/mol. The molecule has 6 heteroatoms. The van der Waals surface area contributed by atoms with E-state index in [1.807, 2.05) is 13.0 Å². The van der Waals surface area contributed by atoms with Crippen LogP contribution in [0.3, 0.4) is 0 Å². The number of pyridine rings is 1. The van der Waals surface area contributed by atoms with E-state index in [-0.39, 0.29) is 10.9 Å². The fourth-order valence-electron chi connectivity index (χ4n) is 1.26. The first kappa shape index (κ1) is 11.4. The van der Waals surface area contributed by atoms with Gasteiger partial charge < -0.3 is 4.74 Å². The Morgan fingerprint density at radius 3 is 3.06 bits per heavy atom. The Morgan fingerprint density at radius 1 is 1.59 bits per heavy atom. The van der Waals surface area contributed by atoms with Gasteiger partial charge in [0, 0.05) is 12.7 Å². The highest BCUT2D eigenvalue weighted by Gasteiger charge is 2.10. The molecule has 5 nitrogen and oxygen atoms in total. The van der Waals surface area contributed by atoms with Crippen molar-refractivity contribution in [3.05, 3.63) is 35.2 Å². The molecule has 0 radical (unpaired) electrons. The van der Waals surface area contributed by atoms with Gasteiger partial charge in [0.25, 0.3) is 0 Å². The smallest absolute Gasteiger partial charge is 0.239 e. The minimum atomic E-state index is 0.208. The predicted octanol–water partition coefficient (Wildman–Crippen LogP) is 2.62. The molecule has 0 saturated carbocycles. The van der Waals surface area contributed by atoms with Crippen LogP contribution in [-0.4, -0.2) is 14.8 Å². The van der Waals surface area contributed by atoms with Gasteiger partial charge in [-0.15, -0.1) is 0 Å². The Labute approximate surface area is 103 Å². The quantitative estimate of drug-likeness (QED) is 0.838. The largest absolute Gasteiger partial charge is 0.434 e. The van der Waals surface area contributed by atoms with Gasteiger partial charge in [0.15, 0.2) is 5.75 Å². The third-order valence-electron chi connectivity index (χ3n) is 2.13. The topological polar surface area (TPSA) is 63.7 Å². The molecule has 2 aromatic heterocycles. The maximum atomic E-state index is 8.82. The van der Waals surface area contributed by atoms with Crippen molar-refractivity contribution in [1.29, 1.82) is 5.26 Å². The summed E-state index contributed by atoms with van der Waals surface area (Å²) in [5, 5.41) is 13.1. The molecule has 0 spiro atoms. The van der Waals surface area contributed by atoms with E-state index in [2.05, 4.69) is 10.1 Å². The Hall–Kier alpha value is -2.06. The maximum absolute atomic E-state index is 8.82.